The molecule has 10 nitrogen and oxygen atoms in total. The maximum atomic E-state index is 12.5. The van der Waals surface area contributed by atoms with Crippen molar-refractivity contribution < 1.29 is 17.9 Å². The van der Waals surface area contributed by atoms with Gasteiger partial charge in [-0.25, -0.2) is 18.4 Å². The van der Waals surface area contributed by atoms with Crippen LogP contribution in [0.2, 0.25) is 0 Å². The average Bonchev–Trinajstić information content (AvgIpc) is 2.74. The number of nitrogens with zero attached hydrogens (tertiary/aromatic N) is 3. The standard InChI is InChI=1S/C18H16N6O4S2/c1-28-16-10-15(20-11-21-16)24-30(26,27)14-4-2-13(3-5-14)22-18(29)23-17(25)12-6-8-19-9-7-12/h2-11H,1H3,(H,20,21,24)(H2,22,23,25,29). The second-order valence-electron chi connectivity index (χ2n) is 5.72. The fraction of sp³-hybridized carbons (Fsp3) is 0.0556. The third-order valence-electron chi connectivity index (χ3n) is 3.68. The third-order valence-corrected chi connectivity index (χ3v) is 5.26. The van der Waals surface area contributed by atoms with E-state index in [4.69, 9.17) is 17.0 Å². The molecule has 12 heteroatoms. The maximum Gasteiger partial charge on any atom is 0.263 e. The van der Waals surface area contributed by atoms with Gasteiger partial charge in [0.05, 0.1) is 12.0 Å². The SMILES string of the molecule is COc1cc(NS(=O)(=O)c2ccc(NC(=S)NC(=O)c3ccncc3)cc2)ncn1. The van der Waals surface area contributed by atoms with Crippen molar-refractivity contribution in [3.63, 3.8) is 0 Å². The number of aromatic nitrogens is 3. The van der Waals surface area contributed by atoms with Gasteiger partial charge in [0.2, 0.25) is 5.88 Å². The van der Waals surface area contributed by atoms with Crippen LogP contribution in [-0.4, -0.2) is 41.5 Å². The number of hydrogen-bond acceptors (Lipinski definition) is 8. The number of hydrogen-bond donors (Lipinski definition) is 3. The fourth-order valence-electron chi connectivity index (χ4n) is 2.26. The van der Waals surface area contributed by atoms with Gasteiger partial charge in [-0.15, -0.1) is 0 Å². The molecule has 1 amide bonds. The van der Waals surface area contributed by atoms with Gasteiger partial charge >= 0.3 is 0 Å². The Labute approximate surface area is 177 Å². The molecule has 2 aromatic heterocycles. The predicted molar refractivity (Wildman–Crippen MR) is 114 cm³/mol. The van der Waals surface area contributed by atoms with E-state index in [1.165, 1.54) is 56.2 Å². The summed E-state index contributed by atoms with van der Waals surface area (Å²) in [6.07, 6.45) is 4.18. The normalized spacial score (nSPS) is 10.7. The molecule has 0 unspecified atom stereocenters. The van der Waals surface area contributed by atoms with Crippen molar-refractivity contribution >= 4 is 44.8 Å². The van der Waals surface area contributed by atoms with E-state index >= 15 is 0 Å². The summed E-state index contributed by atoms with van der Waals surface area (Å²) in [5, 5.41) is 5.42. The highest BCUT2D eigenvalue weighted by atomic mass is 32.2. The van der Waals surface area contributed by atoms with Crippen LogP contribution in [0.4, 0.5) is 11.5 Å². The van der Waals surface area contributed by atoms with E-state index in [-0.39, 0.29) is 21.7 Å². The number of carbonyl (C=O) groups is 1. The van der Waals surface area contributed by atoms with Crippen LogP contribution in [0.25, 0.3) is 0 Å². The Morgan fingerprint density at radius 3 is 2.43 bits per heavy atom. The molecule has 0 aliphatic carbocycles. The van der Waals surface area contributed by atoms with E-state index in [1.54, 1.807) is 12.1 Å². The predicted octanol–water partition coefficient (Wildman–Crippen LogP) is 1.81. The highest BCUT2D eigenvalue weighted by molar-refractivity contribution is 7.92. The number of rotatable bonds is 6. The minimum absolute atomic E-state index is 0.0115. The molecule has 0 atom stereocenters. The molecule has 3 aromatic rings. The van der Waals surface area contributed by atoms with E-state index in [0.717, 1.165) is 0 Å². The number of ether oxygens (including phenoxy) is 1. The Kier molecular flexibility index (Phi) is 6.49. The lowest BCUT2D eigenvalue weighted by Gasteiger charge is -2.11. The lowest BCUT2D eigenvalue weighted by Crippen LogP contribution is -2.34. The van der Waals surface area contributed by atoms with Crippen LogP contribution >= 0.6 is 12.2 Å². The van der Waals surface area contributed by atoms with Crippen LogP contribution in [0, 0.1) is 0 Å². The summed E-state index contributed by atoms with van der Waals surface area (Å²) in [6, 6.07) is 10.3. The van der Waals surface area contributed by atoms with Crippen molar-refractivity contribution in [3.8, 4) is 5.88 Å². The summed E-state index contributed by atoms with van der Waals surface area (Å²) in [7, 11) is -2.46. The lowest BCUT2D eigenvalue weighted by molar-refractivity contribution is 0.0977. The first-order valence-corrected chi connectivity index (χ1v) is 10.3. The summed E-state index contributed by atoms with van der Waals surface area (Å²) < 4.78 is 32.3. The molecule has 1 aromatic carbocycles. The van der Waals surface area contributed by atoms with E-state index in [0.29, 0.717) is 11.3 Å². The summed E-state index contributed by atoms with van der Waals surface area (Å²) in [5.41, 5.74) is 0.903. The minimum atomic E-state index is -3.87. The number of amides is 1. The van der Waals surface area contributed by atoms with E-state index in [1.807, 2.05) is 0 Å². The monoisotopic (exact) mass is 444 g/mol. The van der Waals surface area contributed by atoms with Gasteiger partial charge in [-0.3, -0.25) is 19.8 Å². The quantitative estimate of drug-likeness (QED) is 0.486. The van der Waals surface area contributed by atoms with Crippen LogP contribution in [0.3, 0.4) is 0 Å². The largest absolute Gasteiger partial charge is 0.481 e. The number of benzene rings is 1. The second-order valence-corrected chi connectivity index (χ2v) is 7.81. The molecule has 154 valence electrons. The van der Waals surface area contributed by atoms with E-state index < -0.39 is 15.9 Å². The van der Waals surface area contributed by atoms with Crippen molar-refractivity contribution in [2.45, 2.75) is 4.90 Å². The molecule has 3 rings (SSSR count). The number of pyridine rings is 1. The summed E-state index contributed by atoms with van der Waals surface area (Å²) in [4.78, 5) is 23.6. The molecule has 0 bridgehead atoms. The van der Waals surface area contributed by atoms with Crippen molar-refractivity contribution in [3.05, 3.63) is 66.7 Å². The summed E-state index contributed by atoms with van der Waals surface area (Å²) >= 11 is 5.11. The fourth-order valence-corrected chi connectivity index (χ4v) is 3.47. The molecule has 0 fully saturated rings. The van der Waals surface area contributed by atoms with Crippen LogP contribution in [0.1, 0.15) is 10.4 Å². The van der Waals surface area contributed by atoms with Gasteiger partial charge in [0.15, 0.2) is 5.11 Å². The van der Waals surface area contributed by atoms with Crippen molar-refractivity contribution in [2.24, 2.45) is 0 Å². The Morgan fingerprint density at radius 2 is 1.77 bits per heavy atom. The third kappa shape index (κ3) is 5.46. The molecule has 0 spiro atoms. The van der Waals surface area contributed by atoms with Crippen molar-refractivity contribution in [2.75, 3.05) is 17.1 Å². The molecule has 0 aliphatic heterocycles. The van der Waals surface area contributed by atoms with Crippen LogP contribution in [-0.2, 0) is 10.0 Å². The Morgan fingerprint density at radius 1 is 1.07 bits per heavy atom. The van der Waals surface area contributed by atoms with Gasteiger partial charge < -0.3 is 10.1 Å². The number of sulfonamides is 1. The minimum Gasteiger partial charge on any atom is -0.481 e. The van der Waals surface area contributed by atoms with Gasteiger partial charge in [-0.05, 0) is 48.6 Å². The zero-order valence-electron chi connectivity index (χ0n) is 15.6. The lowest BCUT2D eigenvalue weighted by atomic mass is 10.2. The van der Waals surface area contributed by atoms with E-state index in [2.05, 4.69) is 30.3 Å². The number of carbonyl (C=O) groups excluding carboxylic acids is 1. The zero-order chi connectivity index (χ0) is 21.6. The molecule has 0 saturated heterocycles. The van der Waals surface area contributed by atoms with Crippen LogP contribution in [0.5, 0.6) is 5.88 Å². The zero-order valence-corrected chi connectivity index (χ0v) is 17.2. The highest BCUT2D eigenvalue weighted by Gasteiger charge is 2.16. The Bertz CT molecular complexity index is 1150. The number of thiocarbonyl (C=S) groups is 1. The first-order valence-electron chi connectivity index (χ1n) is 8.38. The molecule has 30 heavy (non-hydrogen) atoms. The Balaban J connectivity index is 1.63. The average molecular weight is 444 g/mol. The highest BCUT2D eigenvalue weighted by Crippen LogP contribution is 2.18. The van der Waals surface area contributed by atoms with Crippen molar-refractivity contribution in [1.82, 2.24) is 20.3 Å². The Hall–Kier alpha value is -3.64. The second kappa shape index (κ2) is 9.24. The molecule has 2 heterocycles. The van der Waals surface area contributed by atoms with E-state index in [9.17, 15) is 13.2 Å². The molecular formula is C18H16N6O4S2. The van der Waals surface area contributed by atoms with Gasteiger partial charge in [0, 0.05) is 29.7 Å². The van der Waals surface area contributed by atoms with Crippen molar-refractivity contribution in [1.29, 1.82) is 0 Å². The smallest absolute Gasteiger partial charge is 0.263 e. The summed E-state index contributed by atoms with van der Waals surface area (Å²) in [6.45, 7) is 0. The number of anilines is 2. The molecular weight excluding hydrogens is 428 g/mol. The van der Waals surface area contributed by atoms with Crippen LogP contribution in [0.15, 0.2) is 66.1 Å². The molecule has 0 aliphatic rings. The first-order chi connectivity index (χ1) is 14.4. The molecule has 0 saturated carbocycles. The van der Waals surface area contributed by atoms with Crippen LogP contribution < -0.4 is 20.1 Å². The number of methoxy groups -OCH3 is 1. The molecule has 0 radical (unpaired) electrons. The van der Waals surface area contributed by atoms with Gasteiger partial charge in [0.1, 0.15) is 12.1 Å². The first kappa shape index (κ1) is 21.1. The van der Waals surface area contributed by atoms with Gasteiger partial charge in [-0.2, -0.15) is 0 Å². The topological polar surface area (TPSA) is 135 Å². The summed E-state index contributed by atoms with van der Waals surface area (Å²) in [5.74, 6) is -0.0906. The van der Waals surface area contributed by atoms with Gasteiger partial charge in [0.25, 0.3) is 15.9 Å². The maximum absolute atomic E-state index is 12.5. The molecule has 3 N–H and O–H groups in total. The number of nitrogens with one attached hydrogen (secondary N) is 3. The van der Waals surface area contributed by atoms with Gasteiger partial charge in [-0.1, -0.05) is 0 Å².